The summed E-state index contributed by atoms with van der Waals surface area (Å²) in [5.41, 5.74) is 2.80. The van der Waals surface area contributed by atoms with Gasteiger partial charge in [0.2, 0.25) is 0 Å². The summed E-state index contributed by atoms with van der Waals surface area (Å²) in [7, 11) is 0. The summed E-state index contributed by atoms with van der Waals surface area (Å²) in [4.78, 5) is 19.5. The molecular weight excluding hydrogens is 309 g/mol. The van der Waals surface area contributed by atoms with Crippen LogP contribution in [0, 0.1) is 15.9 Å². The Labute approximate surface area is 137 Å². The topological polar surface area (TPSA) is 68.9 Å². The van der Waals surface area contributed by atoms with Gasteiger partial charge in [-0.05, 0) is 50.3 Å². The normalized spacial score (nSPS) is 10.6. The predicted molar refractivity (Wildman–Crippen MR) is 90.9 cm³/mol. The van der Waals surface area contributed by atoms with Crippen LogP contribution in [-0.4, -0.2) is 14.9 Å². The van der Waals surface area contributed by atoms with E-state index in [2.05, 4.69) is 9.97 Å². The predicted octanol–water partition coefficient (Wildman–Crippen LogP) is 4.77. The molecule has 0 radical (unpaired) electrons. The highest BCUT2D eigenvalue weighted by molar-refractivity contribution is 5.94. The van der Waals surface area contributed by atoms with Gasteiger partial charge in [-0.15, -0.1) is 0 Å². The van der Waals surface area contributed by atoms with Crippen molar-refractivity contribution >= 4 is 22.7 Å². The van der Waals surface area contributed by atoms with Crippen LogP contribution in [0.2, 0.25) is 0 Å². The summed E-state index contributed by atoms with van der Waals surface area (Å²) >= 11 is 0. The van der Waals surface area contributed by atoms with Crippen molar-refractivity contribution < 1.29 is 9.31 Å². The molecule has 5 nitrogen and oxygen atoms in total. The van der Waals surface area contributed by atoms with Crippen LogP contribution in [-0.2, 0) is 0 Å². The average molecular weight is 323 g/mol. The van der Waals surface area contributed by atoms with Gasteiger partial charge < -0.3 is 0 Å². The monoisotopic (exact) mass is 323 g/mol. The lowest BCUT2D eigenvalue weighted by atomic mass is 10.1. The molecule has 0 amide bonds. The Morgan fingerprint density at radius 2 is 1.83 bits per heavy atom. The first-order valence-electron chi connectivity index (χ1n) is 7.31. The van der Waals surface area contributed by atoms with Gasteiger partial charge >= 0.3 is 0 Å². The van der Waals surface area contributed by atoms with E-state index in [1.807, 2.05) is 19.9 Å². The van der Waals surface area contributed by atoms with E-state index in [4.69, 9.17) is 0 Å². The van der Waals surface area contributed by atoms with Crippen LogP contribution in [0.3, 0.4) is 0 Å². The third-order valence-electron chi connectivity index (χ3n) is 3.44. The lowest BCUT2D eigenvalue weighted by Gasteiger charge is -2.08. The SMILES string of the molecule is CC(C)=Cc1nc(-c2ccc(F)cc2)c2cc([N+](=O)[O-])ccc2n1. The summed E-state index contributed by atoms with van der Waals surface area (Å²) in [5, 5.41) is 11.6. The van der Waals surface area contributed by atoms with Crippen LogP contribution in [0.1, 0.15) is 19.7 Å². The van der Waals surface area contributed by atoms with Gasteiger partial charge in [0.1, 0.15) is 5.82 Å². The van der Waals surface area contributed by atoms with Gasteiger partial charge in [0.05, 0.1) is 16.1 Å². The number of nitro groups is 1. The summed E-state index contributed by atoms with van der Waals surface area (Å²) in [5.74, 6) is 0.156. The maximum Gasteiger partial charge on any atom is 0.270 e. The van der Waals surface area contributed by atoms with Gasteiger partial charge in [0.15, 0.2) is 5.82 Å². The minimum Gasteiger partial charge on any atom is -0.258 e. The molecule has 0 aliphatic rings. The third kappa shape index (κ3) is 3.12. The van der Waals surface area contributed by atoms with Crippen molar-refractivity contribution in [2.24, 2.45) is 0 Å². The minimum absolute atomic E-state index is 0.0376. The van der Waals surface area contributed by atoms with E-state index in [1.165, 1.54) is 24.3 Å². The first-order chi connectivity index (χ1) is 11.4. The standard InChI is InChI=1S/C18H14FN3O2/c1-11(2)9-17-20-16-8-7-14(22(23)24)10-15(16)18(21-17)12-3-5-13(19)6-4-12/h3-10H,1-2H3. The van der Waals surface area contributed by atoms with Gasteiger partial charge in [-0.25, -0.2) is 14.4 Å². The summed E-state index contributed by atoms with van der Waals surface area (Å²) < 4.78 is 13.2. The molecule has 0 N–H and O–H groups in total. The lowest BCUT2D eigenvalue weighted by molar-refractivity contribution is -0.384. The highest BCUT2D eigenvalue weighted by Crippen LogP contribution is 2.29. The second kappa shape index (κ2) is 6.16. The molecule has 0 aliphatic carbocycles. The van der Waals surface area contributed by atoms with E-state index in [0.717, 1.165) is 5.57 Å². The van der Waals surface area contributed by atoms with E-state index in [9.17, 15) is 14.5 Å². The first-order valence-corrected chi connectivity index (χ1v) is 7.31. The summed E-state index contributed by atoms with van der Waals surface area (Å²) in [6.07, 6.45) is 1.83. The van der Waals surface area contributed by atoms with Gasteiger partial charge in [-0.2, -0.15) is 0 Å². The van der Waals surface area contributed by atoms with Crippen molar-refractivity contribution in [2.75, 3.05) is 0 Å². The molecule has 3 rings (SSSR count). The number of allylic oxidation sites excluding steroid dienone is 1. The molecule has 0 atom stereocenters. The zero-order chi connectivity index (χ0) is 17.3. The van der Waals surface area contributed by atoms with Crippen molar-refractivity contribution in [3.05, 3.63) is 69.8 Å². The zero-order valence-corrected chi connectivity index (χ0v) is 13.2. The number of rotatable bonds is 3. The fraction of sp³-hybridized carbons (Fsp3) is 0.111. The number of aromatic nitrogens is 2. The number of non-ortho nitro benzene ring substituents is 1. The number of hydrogen-bond acceptors (Lipinski definition) is 4. The maximum atomic E-state index is 13.2. The van der Waals surface area contributed by atoms with Crippen molar-refractivity contribution in [1.29, 1.82) is 0 Å². The second-order valence-electron chi connectivity index (χ2n) is 5.62. The van der Waals surface area contributed by atoms with E-state index in [1.54, 1.807) is 18.2 Å². The van der Waals surface area contributed by atoms with Crippen LogP contribution in [0.4, 0.5) is 10.1 Å². The van der Waals surface area contributed by atoms with Crippen LogP contribution in [0.25, 0.3) is 28.2 Å². The molecule has 2 aromatic carbocycles. The molecule has 0 spiro atoms. The van der Waals surface area contributed by atoms with E-state index in [-0.39, 0.29) is 11.5 Å². The third-order valence-corrected chi connectivity index (χ3v) is 3.44. The maximum absolute atomic E-state index is 13.2. The zero-order valence-electron chi connectivity index (χ0n) is 13.2. The minimum atomic E-state index is -0.460. The van der Waals surface area contributed by atoms with Crippen LogP contribution in [0.15, 0.2) is 48.0 Å². The van der Waals surface area contributed by atoms with Crippen LogP contribution >= 0.6 is 0 Å². The highest BCUT2D eigenvalue weighted by Gasteiger charge is 2.14. The molecule has 120 valence electrons. The Hall–Kier alpha value is -3.15. The first kappa shape index (κ1) is 15.7. The highest BCUT2D eigenvalue weighted by atomic mass is 19.1. The van der Waals surface area contributed by atoms with Crippen molar-refractivity contribution in [3.63, 3.8) is 0 Å². The average Bonchev–Trinajstić information content (AvgIpc) is 2.54. The quantitative estimate of drug-likeness (QED) is 0.514. The molecule has 1 aromatic heterocycles. The molecule has 0 aliphatic heterocycles. The van der Waals surface area contributed by atoms with Gasteiger partial charge in [0.25, 0.3) is 5.69 Å². The smallest absolute Gasteiger partial charge is 0.258 e. The largest absolute Gasteiger partial charge is 0.270 e. The number of nitrogens with zero attached hydrogens (tertiary/aromatic N) is 3. The Bertz CT molecular complexity index is 962. The van der Waals surface area contributed by atoms with Gasteiger partial charge in [-0.1, -0.05) is 5.57 Å². The molecule has 6 heteroatoms. The Balaban J connectivity index is 2.32. The molecule has 0 saturated heterocycles. The Kier molecular flexibility index (Phi) is 4.04. The van der Waals surface area contributed by atoms with Crippen molar-refractivity contribution in [1.82, 2.24) is 9.97 Å². The van der Waals surface area contributed by atoms with Crippen molar-refractivity contribution in [2.45, 2.75) is 13.8 Å². The fourth-order valence-corrected chi connectivity index (χ4v) is 2.40. The molecular formula is C18H14FN3O2. The number of nitro benzene ring substituents is 1. The number of hydrogen-bond donors (Lipinski definition) is 0. The van der Waals surface area contributed by atoms with Crippen LogP contribution in [0.5, 0.6) is 0 Å². The number of fused-ring (bicyclic) bond motifs is 1. The summed E-state index contributed by atoms with van der Waals surface area (Å²) in [6, 6.07) is 10.3. The molecule has 3 aromatic rings. The van der Waals surface area contributed by atoms with Gasteiger partial charge in [-0.3, -0.25) is 10.1 Å². The number of halogens is 1. The molecule has 1 heterocycles. The second-order valence-corrected chi connectivity index (χ2v) is 5.62. The molecule has 0 bridgehead atoms. The van der Waals surface area contributed by atoms with Crippen molar-refractivity contribution in [3.8, 4) is 11.3 Å². The molecule has 0 saturated carbocycles. The molecule has 24 heavy (non-hydrogen) atoms. The Morgan fingerprint density at radius 3 is 2.46 bits per heavy atom. The molecule has 0 unspecified atom stereocenters. The Morgan fingerprint density at radius 1 is 1.12 bits per heavy atom. The van der Waals surface area contributed by atoms with E-state index < -0.39 is 4.92 Å². The lowest BCUT2D eigenvalue weighted by Crippen LogP contribution is -1.96. The summed E-state index contributed by atoms with van der Waals surface area (Å²) in [6.45, 7) is 3.86. The fourth-order valence-electron chi connectivity index (χ4n) is 2.40. The van der Waals surface area contributed by atoms with E-state index >= 15 is 0 Å². The van der Waals surface area contributed by atoms with E-state index in [0.29, 0.717) is 28.0 Å². The number of benzene rings is 2. The molecule has 0 fully saturated rings. The van der Waals surface area contributed by atoms with Crippen LogP contribution < -0.4 is 0 Å². The van der Waals surface area contributed by atoms with Gasteiger partial charge in [0, 0.05) is 23.1 Å².